The predicted molar refractivity (Wildman–Crippen MR) is 91.4 cm³/mol. The van der Waals surface area contributed by atoms with Crippen LogP contribution in [-0.4, -0.2) is 21.9 Å². The highest BCUT2D eigenvalue weighted by Gasteiger charge is 2.42. The van der Waals surface area contributed by atoms with Crippen molar-refractivity contribution in [1.82, 2.24) is 0 Å². The van der Waals surface area contributed by atoms with Gasteiger partial charge in [-0.2, -0.15) is 0 Å². The summed E-state index contributed by atoms with van der Waals surface area (Å²) in [5.41, 5.74) is -0.709. The van der Waals surface area contributed by atoms with Gasteiger partial charge in [-0.15, -0.1) is 6.58 Å². The summed E-state index contributed by atoms with van der Waals surface area (Å²) in [4.78, 5) is 12.3. The van der Waals surface area contributed by atoms with Gasteiger partial charge in [-0.25, -0.2) is 4.79 Å². The molecule has 1 aromatic heterocycles. The number of ether oxygens (including phenoxy) is 1. The van der Waals surface area contributed by atoms with E-state index in [0.717, 1.165) is 0 Å². The Hall–Kier alpha value is -2.11. The lowest BCUT2D eigenvalue weighted by Gasteiger charge is -2.27. The van der Waals surface area contributed by atoms with E-state index in [4.69, 9.17) is 9.15 Å². The second-order valence-corrected chi connectivity index (χ2v) is 7.44. The summed E-state index contributed by atoms with van der Waals surface area (Å²) in [5.74, 6) is 0.418. The summed E-state index contributed by atoms with van der Waals surface area (Å²) in [6.07, 6.45) is -0.0342. The van der Waals surface area contributed by atoms with Crippen molar-refractivity contribution in [2.45, 2.75) is 50.9 Å². The molecule has 0 fully saturated rings. The average molecular weight is 330 g/mol. The monoisotopic (exact) mass is 330 g/mol. The third-order valence-electron chi connectivity index (χ3n) is 4.62. The largest absolute Gasteiger partial charge is 0.484 e. The number of rotatable bonds is 3. The summed E-state index contributed by atoms with van der Waals surface area (Å²) in [6, 6.07) is 5.09. The lowest BCUT2D eigenvalue weighted by molar-refractivity contribution is -0.0762. The van der Waals surface area contributed by atoms with E-state index in [1.54, 1.807) is 38.1 Å². The normalized spacial score (nSPS) is 20.8. The summed E-state index contributed by atoms with van der Waals surface area (Å²) >= 11 is 0. The number of aliphatic hydroxyl groups excluding tert-OH is 1. The maximum Gasteiger partial charge on any atom is 0.340 e. The molecule has 0 aliphatic carbocycles. The minimum absolute atomic E-state index is 0.381. The standard InChI is InChI=1S/C19H22O5/c1-6-18(2,3)12-8-10-7-11-14(9-13(10)24-17(12)21)23-16(15(11)20)19(4,5)22/h6-9,15-16,20,22H,1H2,2-5H3. The highest BCUT2D eigenvalue weighted by Crippen LogP contribution is 2.42. The van der Waals surface area contributed by atoms with Crippen molar-refractivity contribution in [2.75, 3.05) is 0 Å². The van der Waals surface area contributed by atoms with Crippen molar-refractivity contribution in [3.05, 3.63) is 52.4 Å². The zero-order valence-corrected chi connectivity index (χ0v) is 14.3. The van der Waals surface area contributed by atoms with Crippen LogP contribution < -0.4 is 10.4 Å². The van der Waals surface area contributed by atoms with Crippen molar-refractivity contribution in [2.24, 2.45) is 0 Å². The molecular formula is C19H22O5. The molecule has 5 heteroatoms. The van der Waals surface area contributed by atoms with E-state index in [-0.39, 0.29) is 0 Å². The highest BCUT2D eigenvalue weighted by atomic mass is 16.5. The van der Waals surface area contributed by atoms with Gasteiger partial charge in [0.25, 0.3) is 0 Å². The zero-order chi connectivity index (χ0) is 17.9. The molecule has 0 spiro atoms. The zero-order valence-electron chi connectivity index (χ0n) is 14.3. The molecule has 1 aliphatic heterocycles. The topological polar surface area (TPSA) is 79.9 Å². The Morgan fingerprint density at radius 1 is 1.21 bits per heavy atom. The minimum atomic E-state index is -1.21. The van der Waals surface area contributed by atoms with Gasteiger partial charge in [0.1, 0.15) is 17.4 Å². The summed E-state index contributed by atoms with van der Waals surface area (Å²) < 4.78 is 11.1. The van der Waals surface area contributed by atoms with Gasteiger partial charge in [0.2, 0.25) is 0 Å². The molecule has 5 nitrogen and oxygen atoms in total. The molecule has 1 aromatic carbocycles. The van der Waals surface area contributed by atoms with Crippen LogP contribution >= 0.6 is 0 Å². The molecule has 2 aromatic rings. The molecule has 3 rings (SSSR count). The number of aliphatic hydroxyl groups is 2. The molecule has 2 heterocycles. The average Bonchev–Trinajstić information content (AvgIpc) is 2.81. The second kappa shape index (κ2) is 5.19. The van der Waals surface area contributed by atoms with E-state index in [2.05, 4.69) is 6.58 Å². The van der Waals surface area contributed by atoms with E-state index in [1.807, 2.05) is 13.8 Å². The minimum Gasteiger partial charge on any atom is -0.484 e. The van der Waals surface area contributed by atoms with Gasteiger partial charge < -0.3 is 19.4 Å². The molecule has 0 amide bonds. The van der Waals surface area contributed by atoms with Gasteiger partial charge in [-0.05, 0) is 26.0 Å². The van der Waals surface area contributed by atoms with E-state index >= 15 is 0 Å². The number of benzene rings is 1. The molecule has 0 radical (unpaired) electrons. The molecule has 2 N–H and O–H groups in total. The molecule has 2 atom stereocenters. The third-order valence-corrected chi connectivity index (χ3v) is 4.62. The van der Waals surface area contributed by atoms with Crippen LogP contribution in [0.25, 0.3) is 11.0 Å². The third kappa shape index (κ3) is 2.54. The van der Waals surface area contributed by atoms with Gasteiger partial charge in [-0.3, -0.25) is 0 Å². The molecule has 0 saturated heterocycles. The van der Waals surface area contributed by atoms with E-state index in [0.29, 0.717) is 27.8 Å². The summed E-state index contributed by atoms with van der Waals surface area (Å²) in [6.45, 7) is 10.7. The van der Waals surface area contributed by atoms with Crippen LogP contribution in [0.2, 0.25) is 0 Å². The van der Waals surface area contributed by atoms with Crippen LogP contribution in [0.3, 0.4) is 0 Å². The lowest BCUT2D eigenvalue weighted by atomic mass is 9.85. The number of hydrogen-bond acceptors (Lipinski definition) is 5. The number of hydrogen-bond donors (Lipinski definition) is 2. The van der Waals surface area contributed by atoms with Crippen molar-refractivity contribution >= 4 is 11.0 Å². The molecule has 24 heavy (non-hydrogen) atoms. The molecule has 128 valence electrons. The van der Waals surface area contributed by atoms with Gasteiger partial charge in [0.15, 0.2) is 6.10 Å². The van der Waals surface area contributed by atoms with Crippen LogP contribution in [0.5, 0.6) is 5.75 Å². The van der Waals surface area contributed by atoms with Gasteiger partial charge in [-0.1, -0.05) is 19.9 Å². The second-order valence-electron chi connectivity index (χ2n) is 7.44. The molecular weight excluding hydrogens is 308 g/mol. The summed E-state index contributed by atoms with van der Waals surface area (Å²) in [5, 5.41) is 21.3. The number of fused-ring (bicyclic) bond motifs is 2. The summed E-state index contributed by atoms with van der Waals surface area (Å²) in [7, 11) is 0. The fourth-order valence-electron chi connectivity index (χ4n) is 2.95. The van der Waals surface area contributed by atoms with Crippen LogP contribution in [0, 0.1) is 0 Å². The smallest absolute Gasteiger partial charge is 0.340 e. The molecule has 2 unspecified atom stereocenters. The van der Waals surface area contributed by atoms with Gasteiger partial charge in [0.05, 0.1) is 5.60 Å². The van der Waals surface area contributed by atoms with Crippen molar-refractivity contribution in [1.29, 1.82) is 0 Å². The predicted octanol–water partition coefficient (Wildman–Crippen LogP) is 2.82. The Morgan fingerprint density at radius 3 is 2.46 bits per heavy atom. The van der Waals surface area contributed by atoms with Crippen molar-refractivity contribution in [3.63, 3.8) is 0 Å². The molecule has 0 bridgehead atoms. The van der Waals surface area contributed by atoms with Crippen LogP contribution in [0.1, 0.15) is 44.9 Å². The van der Waals surface area contributed by atoms with Gasteiger partial charge in [0, 0.05) is 28.0 Å². The Morgan fingerprint density at radius 2 is 1.88 bits per heavy atom. The quantitative estimate of drug-likeness (QED) is 0.668. The Labute approximate surface area is 140 Å². The Kier molecular flexibility index (Phi) is 3.62. The molecule has 1 aliphatic rings. The maximum atomic E-state index is 12.3. The first kappa shape index (κ1) is 16.7. The first-order chi connectivity index (χ1) is 11.0. The maximum absolute atomic E-state index is 12.3. The van der Waals surface area contributed by atoms with Crippen molar-refractivity contribution in [3.8, 4) is 5.75 Å². The van der Waals surface area contributed by atoms with E-state index < -0.39 is 28.8 Å². The first-order valence-electron chi connectivity index (χ1n) is 7.87. The van der Waals surface area contributed by atoms with E-state index in [1.165, 1.54) is 0 Å². The fraction of sp³-hybridized carbons (Fsp3) is 0.421. The van der Waals surface area contributed by atoms with Crippen molar-refractivity contribution < 1.29 is 19.4 Å². The van der Waals surface area contributed by atoms with Crippen LogP contribution in [0.15, 0.2) is 40.1 Å². The van der Waals surface area contributed by atoms with E-state index in [9.17, 15) is 15.0 Å². The highest BCUT2D eigenvalue weighted by molar-refractivity contribution is 5.81. The van der Waals surface area contributed by atoms with Crippen LogP contribution in [-0.2, 0) is 5.41 Å². The Bertz CT molecular complexity index is 870. The molecule has 0 saturated carbocycles. The van der Waals surface area contributed by atoms with Crippen LogP contribution in [0.4, 0.5) is 0 Å². The fourth-order valence-corrected chi connectivity index (χ4v) is 2.95. The first-order valence-corrected chi connectivity index (χ1v) is 7.87. The SMILES string of the molecule is C=CC(C)(C)c1cc2cc3c(cc2oc1=O)OC(C(C)(C)O)C3O. The Balaban J connectivity index is 2.18. The van der Waals surface area contributed by atoms with Gasteiger partial charge >= 0.3 is 5.63 Å². The number of allylic oxidation sites excluding steroid dienone is 1. The lowest BCUT2D eigenvalue weighted by Crippen LogP contribution is -2.41.